The SMILES string of the molecule is O=S(=O)(O)C(Cl)C(Cl)(Cl)c1ccccc1. The summed E-state index contributed by atoms with van der Waals surface area (Å²) in [6, 6.07) is 8.00. The number of halogens is 3. The molecule has 1 aromatic rings. The third kappa shape index (κ3) is 2.98. The van der Waals surface area contributed by atoms with Gasteiger partial charge >= 0.3 is 0 Å². The highest BCUT2D eigenvalue weighted by Crippen LogP contribution is 2.42. The van der Waals surface area contributed by atoms with Gasteiger partial charge in [-0.1, -0.05) is 65.1 Å². The molecule has 1 rings (SSSR count). The van der Waals surface area contributed by atoms with E-state index in [0.29, 0.717) is 5.56 Å². The van der Waals surface area contributed by atoms with Crippen molar-refractivity contribution in [3.63, 3.8) is 0 Å². The molecule has 0 bridgehead atoms. The van der Waals surface area contributed by atoms with Crippen LogP contribution in [-0.4, -0.2) is 17.7 Å². The topological polar surface area (TPSA) is 54.4 Å². The lowest BCUT2D eigenvalue weighted by Gasteiger charge is -2.23. The van der Waals surface area contributed by atoms with Crippen molar-refractivity contribution >= 4 is 44.9 Å². The first-order valence-corrected chi connectivity index (χ1v) is 6.49. The molecular weight excluding hydrogens is 283 g/mol. The van der Waals surface area contributed by atoms with E-state index in [1.807, 2.05) is 0 Å². The lowest BCUT2D eigenvalue weighted by molar-refractivity contribution is 0.475. The maximum absolute atomic E-state index is 10.8. The lowest BCUT2D eigenvalue weighted by Crippen LogP contribution is -2.31. The van der Waals surface area contributed by atoms with Gasteiger partial charge in [0.15, 0.2) is 9.04 Å². The molecule has 0 aliphatic heterocycles. The maximum atomic E-state index is 10.8. The Bertz CT molecular complexity index is 430. The van der Waals surface area contributed by atoms with E-state index >= 15 is 0 Å². The van der Waals surface area contributed by atoms with Crippen LogP contribution in [0.5, 0.6) is 0 Å². The van der Waals surface area contributed by atoms with Crippen LogP contribution < -0.4 is 0 Å². The molecule has 0 aliphatic carbocycles. The molecule has 7 heteroatoms. The van der Waals surface area contributed by atoms with Gasteiger partial charge in [0, 0.05) is 0 Å². The number of rotatable bonds is 3. The van der Waals surface area contributed by atoms with E-state index < -0.39 is 19.2 Å². The van der Waals surface area contributed by atoms with Gasteiger partial charge in [-0.05, 0) is 5.56 Å². The minimum atomic E-state index is -4.51. The number of alkyl halides is 3. The van der Waals surface area contributed by atoms with Crippen molar-refractivity contribution in [3.05, 3.63) is 35.9 Å². The Morgan fingerprint density at radius 2 is 1.67 bits per heavy atom. The second kappa shape index (κ2) is 4.47. The van der Waals surface area contributed by atoms with Crippen LogP contribution in [0.2, 0.25) is 0 Å². The van der Waals surface area contributed by atoms with Crippen molar-refractivity contribution in [1.29, 1.82) is 0 Å². The highest BCUT2D eigenvalue weighted by Gasteiger charge is 2.43. The van der Waals surface area contributed by atoms with E-state index in [1.165, 1.54) is 12.1 Å². The first-order valence-electron chi connectivity index (χ1n) is 3.80. The van der Waals surface area contributed by atoms with Gasteiger partial charge in [-0.25, -0.2) is 0 Å². The molecule has 15 heavy (non-hydrogen) atoms. The van der Waals surface area contributed by atoms with Gasteiger partial charge in [0.1, 0.15) is 0 Å². The zero-order valence-electron chi connectivity index (χ0n) is 7.27. The molecule has 3 nitrogen and oxygen atoms in total. The second-order valence-electron chi connectivity index (χ2n) is 2.82. The van der Waals surface area contributed by atoms with E-state index in [2.05, 4.69) is 0 Å². The molecule has 84 valence electrons. The van der Waals surface area contributed by atoms with E-state index in [-0.39, 0.29) is 0 Å². The summed E-state index contributed by atoms with van der Waals surface area (Å²) < 4.78 is 26.7. The fraction of sp³-hybridized carbons (Fsp3) is 0.250. The van der Waals surface area contributed by atoms with Crippen LogP contribution in [0, 0.1) is 0 Å². The van der Waals surface area contributed by atoms with Crippen molar-refractivity contribution in [2.75, 3.05) is 0 Å². The Labute approximate surface area is 103 Å². The predicted octanol–water partition coefficient (Wildman–Crippen LogP) is 2.77. The minimum Gasteiger partial charge on any atom is -0.284 e. The Morgan fingerprint density at radius 3 is 2.07 bits per heavy atom. The molecule has 0 spiro atoms. The highest BCUT2D eigenvalue weighted by molar-refractivity contribution is 7.88. The summed E-state index contributed by atoms with van der Waals surface area (Å²) in [4.78, 5) is 0. The summed E-state index contributed by atoms with van der Waals surface area (Å²) in [6.45, 7) is 0. The quantitative estimate of drug-likeness (QED) is 0.687. The molecule has 0 radical (unpaired) electrons. The van der Waals surface area contributed by atoms with Crippen molar-refractivity contribution in [2.24, 2.45) is 0 Å². The summed E-state index contributed by atoms with van der Waals surface area (Å²) in [5, 5.41) is 0. The highest BCUT2D eigenvalue weighted by atomic mass is 35.5. The molecular formula is C8H7Cl3O3S. The Hall–Kier alpha value is -0.000000000000000222. The lowest BCUT2D eigenvalue weighted by atomic mass is 10.2. The average molecular weight is 290 g/mol. The van der Waals surface area contributed by atoms with Crippen molar-refractivity contribution in [2.45, 2.75) is 9.04 Å². The molecule has 0 heterocycles. The van der Waals surface area contributed by atoms with Gasteiger partial charge in [0.2, 0.25) is 0 Å². The molecule has 0 aromatic heterocycles. The van der Waals surface area contributed by atoms with Crippen molar-refractivity contribution in [3.8, 4) is 0 Å². The molecule has 1 N–H and O–H groups in total. The minimum absolute atomic E-state index is 0.297. The average Bonchev–Trinajstić information content (AvgIpc) is 2.16. The zero-order valence-corrected chi connectivity index (χ0v) is 10.4. The van der Waals surface area contributed by atoms with E-state index in [0.717, 1.165) is 0 Å². The van der Waals surface area contributed by atoms with Gasteiger partial charge < -0.3 is 0 Å². The summed E-state index contributed by atoms with van der Waals surface area (Å²) in [7, 11) is -4.51. The van der Waals surface area contributed by atoms with Crippen molar-refractivity contribution < 1.29 is 13.0 Å². The van der Waals surface area contributed by atoms with Gasteiger partial charge in [0.05, 0.1) is 0 Å². The summed E-state index contributed by atoms with van der Waals surface area (Å²) in [5.41, 5.74) is 0.297. The van der Waals surface area contributed by atoms with E-state index in [1.54, 1.807) is 18.2 Å². The zero-order chi connectivity index (χ0) is 11.7. The van der Waals surface area contributed by atoms with Crippen LogP contribution in [0.4, 0.5) is 0 Å². The Kier molecular flexibility index (Phi) is 3.90. The maximum Gasteiger partial charge on any atom is 0.285 e. The van der Waals surface area contributed by atoms with Gasteiger partial charge in [-0.15, -0.1) is 0 Å². The largest absolute Gasteiger partial charge is 0.285 e. The molecule has 1 aromatic carbocycles. The third-order valence-electron chi connectivity index (χ3n) is 1.71. The fourth-order valence-corrected chi connectivity index (χ4v) is 2.54. The predicted molar refractivity (Wildman–Crippen MR) is 61.0 cm³/mol. The summed E-state index contributed by atoms with van der Waals surface area (Å²) in [5.74, 6) is 0. The molecule has 1 atom stereocenters. The normalized spacial score (nSPS) is 14.9. The molecule has 0 saturated heterocycles. The summed E-state index contributed by atoms with van der Waals surface area (Å²) in [6.07, 6.45) is 0. The van der Waals surface area contributed by atoms with Crippen LogP contribution in [0.1, 0.15) is 5.56 Å². The molecule has 0 amide bonds. The summed E-state index contributed by atoms with van der Waals surface area (Å²) >= 11 is 17.1. The van der Waals surface area contributed by atoms with Gasteiger partial charge in [-0.2, -0.15) is 8.42 Å². The van der Waals surface area contributed by atoms with E-state index in [4.69, 9.17) is 39.4 Å². The molecule has 1 unspecified atom stereocenters. The number of benzene rings is 1. The molecule has 0 saturated carbocycles. The first-order chi connectivity index (χ1) is 6.76. The van der Waals surface area contributed by atoms with Crippen molar-refractivity contribution in [1.82, 2.24) is 0 Å². The fourth-order valence-electron chi connectivity index (χ4n) is 0.978. The van der Waals surface area contributed by atoms with Crippen LogP contribution in [0.3, 0.4) is 0 Å². The number of hydrogen-bond acceptors (Lipinski definition) is 2. The van der Waals surface area contributed by atoms with Gasteiger partial charge in [-0.3, -0.25) is 4.55 Å². The van der Waals surface area contributed by atoms with Crippen LogP contribution >= 0.6 is 34.8 Å². The molecule has 0 aliphatic rings. The molecule has 0 fully saturated rings. The van der Waals surface area contributed by atoms with Crippen LogP contribution in [0.15, 0.2) is 30.3 Å². The van der Waals surface area contributed by atoms with Crippen LogP contribution in [0.25, 0.3) is 0 Å². The standard InChI is InChI=1S/C8H7Cl3O3S/c9-7(15(12,13)14)8(10,11)6-4-2-1-3-5-6/h1-5,7H,(H,12,13,14). The van der Waals surface area contributed by atoms with Gasteiger partial charge in [0.25, 0.3) is 10.1 Å². The second-order valence-corrected chi connectivity index (χ2v) is 6.40. The monoisotopic (exact) mass is 288 g/mol. The smallest absolute Gasteiger partial charge is 0.284 e. The Morgan fingerprint density at radius 1 is 1.20 bits per heavy atom. The Balaban J connectivity index is 3.14. The number of hydrogen-bond donors (Lipinski definition) is 1. The van der Waals surface area contributed by atoms with E-state index in [9.17, 15) is 8.42 Å². The third-order valence-corrected chi connectivity index (χ3v) is 4.94. The first kappa shape index (κ1) is 13.1. The van der Waals surface area contributed by atoms with Crippen LogP contribution in [-0.2, 0) is 14.5 Å².